The third-order valence-corrected chi connectivity index (χ3v) is 1.78. The molecule has 0 amide bonds. The lowest BCUT2D eigenvalue weighted by molar-refractivity contribution is 0.0759. The number of hydrogen-bond donors (Lipinski definition) is 1. The molecule has 0 radical (unpaired) electrons. The first-order valence-electron chi connectivity index (χ1n) is 4.61. The summed E-state index contributed by atoms with van der Waals surface area (Å²) in [7, 11) is 1.64. The van der Waals surface area contributed by atoms with E-state index in [-0.39, 0.29) is 0 Å². The van der Waals surface area contributed by atoms with Crippen LogP contribution >= 0.6 is 11.6 Å². The smallest absolute Gasteiger partial charge is 0.222 e. The van der Waals surface area contributed by atoms with Gasteiger partial charge in [-0.05, 0) is 0 Å². The predicted octanol–water partition coefficient (Wildman–Crippen LogP) is 1.20. The van der Waals surface area contributed by atoms with Crippen LogP contribution in [0.4, 0.5) is 5.95 Å². The average Bonchev–Trinajstić information content (AvgIpc) is 2.26. The molecule has 1 N–H and O–H groups in total. The highest BCUT2D eigenvalue weighted by Gasteiger charge is 1.94. The predicted molar refractivity (Wildman–Crippen MR) is 58.2 cm³/mol. The van der Waals surface area contributed by atoms with Crippen LogP contribution in [0.3, 0.4) is 0 Å². The molecule has 0 spiro atoms. The average molecular weight is 232 g/mol. The second kappa shape index (κ2) is 7.39. The summed E-state index contributed by atoms with van der Waals surface area (Å²) in [4.78, 5) is 7.96. The van der Waals surface area contributed by atoms with Gasteiger partial charge in [0, 0.05) is 13.7 Å². The Morgan fingerprint density at radius 1 is 1.27 bits per heavy atom. The maximum atomic E-state index is 5.64. The van der Waals surface area contributed by atoms with E-state index in [1.807, 2.05) is 0 Å². The van der Waals surface area contributed by atoms with Crippen LogP contribution in [-0.4, -0.2) is 43.4 Å². The van der Waals surface area contributed by atoms with E-state index in [2.05, 4.69) is 15.3 Å². The van der Waals surface area contributed by atoms with Crippen molar-refractivity contribution in [2.45, 2.75) is 0 Å². The Kier molecular flexibility index (Phi) is 5.99. The number of nitrogens with zero attached hydrogens (tertiary/aromatic N) is 2. The van der Waals surface area contributed by atoms with E-state index < -0.39 is 0 Å². The fourth-order valence-corrected chi connectivity index (χ4v) is 0.980. The second-order valence-corrected chi connectivity index (χ2v) is 3.19. The lowest BCUT2D eigenvalue weighted by Gasteiger charge is -2.05. The van der Waals surface area contributed by atoms with Crippen molar-refractivity contribution in [3.63, 3.8) is 0 Å². The first-order valence-corrected chi connectivity index (χ1v) is 4.99. The topological polar surface area (TPSA) is 56.3 Å². The molecule has 1 heterocycles. The van der Waals surface area contributed by atoms with Crippen molar-refractivity contribution in [1.29, 1.82) is 0 Å². The van der Waals surface area contributed by atoms with Gasteiger partial charge in [-0.25, -0.2) is 9.97 Å². The van der Waals surface area contributed by atoms with Gasteiger partial charge >= 0.3 is 0 Å². The largest absolute Gasteiger partial charge is 0.382 e. The molecule has 0 aliphatic heterocycles. The Labute approximate surface area is 93.8 Å². The zero-order valence-corrected chi connectivity index (χ0v) is 9.33. The molecule has 0 atom stereocenters. The minimum Gasteiger partial charge on any atom is -0.382 e. The van der Waals surface area contributed by atoms with Gasteiger partial charge in [0.1, 0.15) is 0 Å². The summed E-state index contributed by atoms with van der Waals surface area (Å²) in [6, 6.07) is 0. The third kappa shape index (κ3) is 5.51. The van der Waals surface area contributed by atoms with Gasteiger partial charge in [0.2, 0.25) is 5.95 Å². The van der Waals surface area contributed by atoms with Gasteiger partial charge in [-0.2, -0.15) is 0 Å². The number of ether oxygens (including phenoxy) is 2. The molecule has 0 aliphatic rings. The molecule has 0 saturated heterocycles. The highest BCUT2D eigenvalue weighted by atomic mass is 35.5. The van der Waals surface area contributed by atoms with E-state index >= 15 is 0 Å². The van der Waals surface area contributed by atoms with Crippen LogP contribution < -0.4 is 5.32 Å². The molecular formula is C9H14ClN3O2. The van der Waals surface area contributed by atoms with Crippen molar-refractivity contribution in [3.05, 3.63) is 17.4 Å². The molecule has 0 aliphatic carbocycles. The molecule has 15 heavy (non-hydrogen) atoms. The van der Waals surface area contributed by atoms with Crippen molar-refractivity contribution in [1.82, 2.24) is 9.97 Å². The molecular weight excluding hydrogens is 218 g/mol. The number of anilines is 1. The zero-order valence-electron chi connectivity index (χ0n) is 8.57. The lowest BCUT2D eigenvalue weighted by atomic mass is 10.6. The fraction of sp³-hybridized carbons (Fsp3) is 0.556. The van der Waals surface area contributed by atoms with Gasteiger partial charge in [0.25, 0.3) is 0 Å². The Bertz CT molecular complexity index is 269. The molecule has 0 fully saturated rings. The van der Waals surface area contributed by atoms with E-state index in [0.29, 0.717) is 37.3 Å². The Balaban J connectivity index is 2.07. The molecule has 0 saturated carbocycles. The molecule has 0 aromatic carbocycles. The highest BCUT2D eigenvalue weighted by Crippen LogP contribution is 2.04. The summed E-state index contributed by atoms with van der Waals surface area (Å²) in [6.07, 6.45) is 3.09. The van der Waals surface area contributed by atoms with E-state index in [1.54, 1.807) is 19.5 Å². The van der Waals surface area contributed by atoms with Crippen LogP contribution in [0.25, 0.3) is 0 Å². The van der Waals surface area contributed by atoms with Crippen molar-refractivity contribution in [2.24, 2.45) is 0 Å². The van der Waals surface area contributed by atoms with Crippen LogP contribution in [0.15, 0.2) is 12.4 Å². The van der Waals surface area contributed by atoms with E-state index in [9.17, 15) is 0 Å². The molecule has 0 bridgehead atoms. The molecule has 1 aromatic heterocycles. The number of aromatic nitrogens is 2. The van der Waals surface area contributed by atoms with Gasteiger partial charge in [-0.3, -0.25) is 0 Å². The fourth-order valence-electron chi connectivity index (χ4n) is 0.883. The summed E-state index contributed by atoms with van der Waals surface area (Å²) < 4.78 is 10.1. The quantitative estimate of drug-likeness (QED) is 0.715. The van der Waals surface area contributed by atoms with Gasteiger partial charge < -0.3 is 14.8 Å². The number of halogens is 1. The van der Waals surface area contributed by atoms with Crippen LogP contribution in [-0.2, 0) is 9.47 Å². The summed E-state index contributed by atoms with van der Waals surface area (Å²) >= 11 is 5.64. The first-order chi connectivity index (χ1) is 7.33. The normalized spacial score (nSPS) is 10.3. The Hall–Kier alpha value is -0.910. The minimum absolute atomic E-state index is 0.525. The highest BCUT2D eigenvalue weighted by molar-refractivity contribution is 6.30. The summed E-state index contributed by atoms with van der Waals surface area (Å²) in [6.45, 7) is 2.46. The summed E-state index contributed by atoms with van der Waals surface area (Å²) in [5, 5.41) is 3.53. The number of hydrogen-bond acceptors (Lipinski definition) is 5. The van der Waals surface area contributed by atoms with Crippen LogP contribution in [0.5, 0.6) is 0 Å². The number of rotatable bonds is 7. The number of nitrogens with one attached hydrogen (secondary N) is 1. The Morgan fingerprint density at radius 3 is 2.67 bits per heavy atom. The van der Waals surface area contributed by atoms with Gasteiger partial charge in [-0.15, -0.1) is 0 Å². The molecule has 5 nitrogen and oxygen atoms in total. The number of methoxy groups -OCH3 is 1. The van der Waals surface area contributed by atoms with Crippen molar-refractivity contribution >= 4 is 17.5 Å². The van der Waals surface area contributed by atoms with Gasteiger partial charge in [0.15, 0.2) is 0 Å². The standard InChI is InChI=1S/C9H14ClN3O2/c1-14-4-5-15-3-2-11-9-12-6-8(10)7-13-9/h6-7H,2-5H2,1H3,(H,11,12,13). The molecule has 1 aromatic rings. The van der Waals surface area contributed by atoms with E-state index in [0.717, 1.165) is 0 Å². The van der Waals surface area contributed by atoms with Crippen LogP contribution in [0.1, 0.15) is 0 Å². The zero-order chi connectivity index (χ0) is 10.9. The molecule has 6 heteroatoms. The molecule has 1 rings (SSSR count). The van der Waals surface area contributed by atoms with E-state index in [1.165, 1.54) is 0 Å². The van der Waals surface area contributed by atoms with E-state index in [4.69, 9.17) is 21.1 Å². The minimum atomic E-state index is 0.525. The van der Waals surface area contributed by atoms with Crippen LogP contribution in [0.2, 0.25) is 5.02 Å². The summed E-state index contributed by atoms with van der Waals surface area (Å²) in [5.41, 5.74) is 0. The first kappa shape index (κ1) is 12.2. The monoisotopic (exact) mass is 231 g/mol. The third-order valence-electron chi connectivity index (χ3n) is 1.58. The second-order valence-electron chi connectivity index (χ2n) is 2.76. The van der Waals surface area contributed by atoms with Gasteiger partial charge in [0.05, 0.1) is 37.2 Å². The molecule has 0 unspecified atom stereocenters. The maximum Gasteiger partial charge on any atom is 0.222 e. The Morgan fingerprint density at radius 2 is 2.00 bits per heavy atom. The van der Waals surface area contributed by atoms with Crippen molar-refractivity contribution in [3.8, 4) is 0 Å². The summed E-state index contributed by atoms with van der Waals surface area (Å²) in [5.74, 6) is 0.551. The lowest BCUT2D eigenvalue weighted by Crippen LogP contribution is -2.13. The maximum absolute atomic E-state index is 5.64. The molecule has 84 valence electrons. The SMILES string of the molecule is COCCOCCNc1ncc(Cl)cn1. The van der Waals surface area contributed by atoms with Gasteiger partial charge in [-0.1, -0.05) is 11.6 Å². The van der Waals surface area contributed by atoms with Crippen molar-refractivity contribution in [2.75, 3.05) is 38.8 Å². The van der Waals surface area contributed by atoms with Crippen molar-refractivity contribution < 1.29 is 9.47 Å². The van der Waals surface area contributed by atoms with Crippen LogP contribution in [0, 0.1) is 0 Å².